The maximum absolute atomic E-state index is 10.7. The van der Waals surface area contributed by atoms with Crippen molar-refractivity contribution in [3.05, 3.63) is 53.1 Å². The molecule has 0 aliphatic heterocycles. The van der Waals surface area contributed by atoms with E-state index in [-0.39, 0.29) is 22.8 Å². The molecule has 0 aromatic heterocycles. The lowest BCUT2D eigenvalue weighted by Crippen LogP contribution is -1.82. The Hall–Kier alpha value is -2.75. The second-order valence-corrected chi connectivity index (χ2v) is 4.05. The highest BCUT2D eigenvalue weighted by Gasteiger charge is 2.00. The number of hydrogen-bond donors (Lipinski definition) is 3. The van der Waals surface area contributed by atoms with E-state index in [9.17, 15) is 20.1 Å². The minimum atomic E-state index is -0.0675. The molecule has 0 aliphatic rings. The first-order valence-electron chi connectivity index (χ1n) is 5.58. The summed E-state index contributed by atoms with van der Waals surface area (Å²) in [7, 11) is 0. The molecule has 2 rings (SSSR count). The molecule has 3 N–H and O–H groups in total. The molecule has 0 unspecified atom stereocenters. The summed E-state index contributed by atoms with van der Waals surface area (Å²) < 4.78 is 0. The summed E-state index contributed by atoms with van der Waals surface area (Å²) in [6.07, 6.45) is 3.97. The van der Waals surface area contributed by atoms with Crippen molar-refractivity contribution in [1.29, 1.82) is 0 Å². The van der Waals surface area contributed by atoms with Crippen LogP contribution in [-0.2, 0) is 0 Å². The minimum absolute atomic E-state index is 0.0288. The van der Waals surface area contributed by atoms with Gasteiger partial charge in [-0.05, 0) is 35.4 Å². The third-order valence-corrected chi connectivity index (χ3v) is 2.57. The van der Waals surface area contributed by atoms with E-state index in [0.717, 1.165) is 5.56 Å². The number of phenols is 3. The van der Waals surface area contributed by atoms with E-state index in [2.05, 4.69) is 0 Å². The SMILES string of the molecule is O=Cc1cc(/C=C/c2cc(O)cc(O)c2)ccc1O. The van der Waals surface area contributed by atoms with Gasteiger partial charge in [0.15, 0.2) is 6.29 Å². The largest absolute Gasteiger partial charge is 0.508 e. The van der Waals surface area contributed by atoms with Gasteiger partial charge in [0.25, 0.3) is 0 Å². The Labute approximate surface area is 109 Å². The molecule has 2 aromatic rings. The smallest absolute Gasteiger partial charge is 0.153 e. The number of carbonyl (C=O) groups excluding carboxylic acids is 1. The Kier molecular flexibility index (Phi) is 3.52. The molecule has 0 bridgehead atoms. The van der Waals surface area contributed by atoms with E-state index >= 15 is 0 Å². The fourth-order valence-electron chi connectivity index (χ4n) is 1.68. The van der Waals surface area contributed by atoms with Crippen LogP contribution in [0.5, 0.6) is 17.2 Å². The van der Waals surface area contributed by atoms with Crippen molar-refractivity contribution in [2.45, 2.75) is 0 Å². The Morgan fingerprint density at radius 3 is 2.05 bits per heavy atom. The molecule has 0 heterocycles. The highest BCUT2D eigenvalue weighted by molar-refractivity contribution is 5.82. The van der Waals surface area contributed by atoms with E-state index < -0.39 is 0 Å². The fraction of sp³-hybridized carbons (Fsp3) is 0. The summed E-state index contributed by atoms with van der Waals surface area (Å²) in [4.78, 5) is 10.7. The van der Waals surface area contributed by atoms with Gasteiger partial charge in [0.2, 0.25) is 0 Å². The number of carbonyl (C=O) groups is 1. The van der Waals surface area contributed by atoms with Crippen molar-refractivity contribution in [3.8, 4) is 17.2 Å². The lowest BCUT2D eigenvalue weighted by atomic mass is 10.1. The molecule has 0 atom stereocenters. The molecule has 0 spiro atoms. The van der Waals surface area contributed by atoms with E-state index in [4.69, 9.17) is 0 Å². The predicted octanol–water partition coefficient (Wildman–Crippen LogP) is 2.79. The molecular weight excluding hydrogens is 244 g/mol. The topological polar surface area (TPSA) is 77.8 Å². The van der Waals surface area contributed by atoms with Crippen LogP contribution in [0.1, 0.15) is 21.5 Å². The Bertz CT molecular complexity index is 624. The fourth-order valence-corrected chi connectivity index (χ4v) is 1.68. The highest BCUT2D eigenvalue weighted by Crippen LogP contribution is 2.23. The minimum Gasteiger partial charge on any atom is -0.508 e. The van der Waals surface area contributed by atoms with Crippen LogP contribution in [0.4, 0.5) is 0 Å². The summed E-state index contributed by atoms with van der Waals surface area (Å²) in [5.74, 6) is -0.125. The zero-order valence-corrected chi connectivity index (χ0v) is 9.95. The first-order valence-corrected chi connectivity index (χ1v) is 5.58. The summed E-state index contributed by atoms with van der Waals surface area (Å²) in [6, 6.07) is 8.86. The lowest BCUT2D eigenvalue weighted by Gasteiger charge is -2.00. The number of benzene rings is 2. The van der Waals surface area contributed by atoms with Gasteiger partial charge >= 0.3 is 0 Å². The van der Waals surface area contributed by atoms with Crippen molar-refractivity contribution in [2.75, 3.05) is 0 Å². The zero-order chi connectivity index (χ0) is 13.8. The van der Waals surface area contributed by atoms with E-state index in [0.29, 0.717) is 11.8 Å². The van der Waals surface area contributed by atoms with Gasteiger partial charge in [0.1, 0.15) is 17.2 Å². The van der Waals surface area contributed by atoms with Gasteiger partial charge in [-0.15, -0.1) is 0 Å². The van der Waals surface area contributed by atoms with Gasteiger partial charge in [0, 0.05) is 6.07 Å². The molecule has 2 aromatic carbocycles. The van der Waals surface area contributed by atoms with E-state index in [1.807, 2.05) is 0 Å². The molecule has 0 fully saturated rings. The number of rotatable bonds is 3. The summed E-state index contributed by atoms with van der Waals surface area (Å²) in [5.41, 5.74) is 1.56. The maximum atomic E-state index is 10.7. The molecule has 0 aliphatic carbocycles. The average Bonchev–Trinajstić information content (AvgIpc) is 2.36. The Morgan fingerprint density at radius 2 is 1.42 bits per heavy atom. The second kappa shape index (κ2) is 5.27. The first-order chi connectivity index (χ1) is 9.08. The van der Waals surface area contributed by atoms with Gasteiger partial charge in [-0.2, -0.15) is 0 Å². The van der Waals surface area contributed by atoms with Gasteiger partial charge in [-0.1, -0.05) is 18.2 Å². The molecule has 96 valence electrons. The molecule has 4 heteroatoms. The van der Waals surface area contributed by atoms with Gasteiger partial charge in [-0.25, -0.2) is 0 Å². The van der Waals surface area contributed by atoms with Crippen molar-refractivity contribution < 1.29 is 20.1 Å². The molecule has 0 amide bonds. The van der Waals surface area contributed by atoms with Crippen molar-refractivity contribution >= 4 is 18.4 Å². The number of aldehydes is 1. The van der Waals surface area contributed by atoms with Crippen LogP contribution in [0.15, 0.2) is 36.4 Å². The van der Waals surface area contributed by atoms with Crippen molar-refractivity contribution in [1.82, 2.24) is 0 Å². The van der Waals surface area contributed by atoms with Crippen LogP contribution in [-0.4, -0.2) is 21.6 Å². The van der Waals surface area contributed by atoms with Crippen LogP contribution < -0.4 is 0 Å². The molecule has 4 nitrogen and oxygen atoms in total. The molecule has 0 saturated carbocycles. The average molecular weight is 256 g/mol. The highest BCUT2D eigenvalue weighted by atomic mass is 16.3. The second-order valence-electron chi connectivity index (χ2n) is 4.05. The lowest BCUT2D eigenvalue weighted by molar-refractivity contribution is 0.112. The third kappa shape index (κ3) is 3.13. The van der Waals surface area contributed by atoms with Crippen LogP contribution in [0.2, 0.25) is 0 Å². The monoisotopic (exact) mass is 256 g/mol. The number of hydrogen-bond acceptors (Lipinski definition) is 4. The van der Waals surface area contributed by atoms with Gasteiger partial charge in [0.05, 0.1) is 5.56 Å². The maximum Gasteiger partial charge on any atom is 0.153 e. The van der Waals surface area contributed by atoms with Crippen LogP contribution >= 0.6 is 0 Å². The summed E-state index contributed by atoms with van der Waals surface area (Å²) in [5, 5.41) is 28.0. The first kappa shape index (κ1) is 12.7. The Morgan fingerprint density at radius 1 is 0.789 bits per heavy atom. The van der Waals surface area contributed by atoms with Crippen LogP contribution in [0, 0.1) is 0 Å². The number of aromatic hydroxyl groups is 3. The summed E-state index contributed by atoms with van der Waals surface area (Å²) in [6.45, 7) is 0. The molecule has 0 saturated heterocycles. The van der Waals surface area contributed by atoms with E-state index in [1.165, 1.54) is 24.3 Å². The van der Waals surface area contributed by atoms with Gasteiger partial charge < -0.3 is 15.3 Å². The van der Waals surface area contributed by atoms with E-state index in [1.54, 1.807) is 24.3 Å². The van der Waals surface area contributed by atoms with Crippen LogP contribution in [0.3, 0.4) is 0 Å². The van der Waals surface area contributed by atoms with Crippen molar-refractivity contribution in [3.63, 3.8) is 0 Å². The predicted molar refractivity (Wildman–Crippen MR) is 72.2 cm³/mol. The summed E-state index contributed by atoms with van der Waals surface area (Å²) >= 11 is 0. The standard InChI is InChI=1S/C15H12O4/c16-9-12-5-10(3-4-15(12)19)1-2-11-6-13(17)8-14(18)7-11/h1-9,17-19H/b2-1+. The molecule has 0 radical (unpaired) electrons. The zero-order valence-electron chi connectivity index (χ0n) is 9.95. The van der Waals surface area contributed by atoms with Crippen molar-refractivity contribution in [2.24, 2.45) is 0 Å². The Balaban J connectivity index is 2.29. The molecule has 19 heavy (non-hydrogen) atoms. The number of phenolic OH excluding ortho intramolecular Hbond substituents is 3. The third-order valence-electron chi connectivity index (χ3n) is 2.57. The quantitative estimate of drug-likeness (QED) is 0.583. The normalized spacial score (nSPS) is 10.7. The van der Waals surface area contributed by atoms with Crippen LogP contribution in [0.25, 0.3) is 12.2 Å². The van der Waals surface area contributed by atoms with Gasteiger partial charge in [-0.3, -0.25) is 4.79 Å². The molecular formula is C15H12O4.